The number of nitrogens with one attached hydrogen (secondary N) is 1. The Morgan fingerprint density at radius 3 is 2.67 bits per heavy atom. The summed E-state index contributed by atoms with van der Waals surface area (Å²) in [4.78, 5) is 11.4. The van der Waals surface area contributed by atoms with Gasteiger partial charge in [-0.25, -0.2) is 4.98 Å². The highest BCUT2D eigenvalue weighted by Crippen LogP contribution is 2.31. The van der Waals surface area contributed by atoms with Crippen LogP contribution in [0, 0.1) is 0 Å². The first kappa shape index (κ1) is 14.6. The molecule has 2 saturated heterocycles. The van der Waals surface area contributed by atoms with Crippen molar-refractivity contribution in [2.24, 2.45) is 0 Å². The zero-order chi connectivity index (χ0) is 14.8. The lowest BCUT2D eigenvalue weighted by molar-refractivity contribution is 0.232. The minimum Gasteiger partial charge on any atom is -0.475 e. The Bertz CT molecular complexity index is 467. The molecule has 2 bridgehead atoms. The lowest BCUT2D eigenvalue weighted by Crippen LogP contribution is -2.48. The van der Waals surface area contributed by atoms with Crippen molar-refractivity contribution in [3.05, 3.63) is 12.3 Å². The average Bonchev–Trinajstić information content (AvgIpc) is 2.78. The predicted molar refractivity (Wildman–Crippen MR) is 83.8 cm³/mol. The summed E-state index contributed by atoms with van der Waals surface area (Å²) < 4.78 is 5.70. The van der Waals surface area contributed by atoms with Gasteiger partial charge in [0.05, 0.1) is 6.10 Å². The number of rotatable bonds is 5. The molecule has 1 N–H and O–H groups in total. The predicted octanol–water partition coefficient (Wildman–Crippen LogP) is 2.37. The fourth-order valence-electron chi connectivity index (χ4n) is 3.62. The van der Waals surface area contributed by atoms with Crippen LogP contribution in [-0.2, 0) is 0 Å². The minimum absolute atomic E-state index is 0.137. The van der Waals surface area contributed by atoms with Gasteiger partial charge in [-0.1, -0.05) is 0 Å². The number of ether oxygens (including phenoxy) is 1. The van der Waals surface area contributed by atoms with Gasteiger partial charge in [-0.2, -0.15) is 4.98 Å². The molecule has 2 fully saturated rings. The fourth-order valence-corrected chi connectivity index (χ4v) is 3.62. The molecule has 0 aromatic carbocycles. The van der Waals surface area contributed by atoms with E-state index in [2.05, 4.69) is 27.1 Å². The van der Waals surface area contributed by atoms with Crippen LogP contribution < -0.4 is 15.0 Å². The maximum absolute atomic E-state index is 5.70. The average molecular weight is 290 g/mol. The summed E-state index contributed by atoms with van der Waals surface area (Å²) in [6.07, 6.45) is 6.97. The van der Waals surface area contributed by atoms with E-state index in [1.54, 1.807) is 6.20 Å². The van der Waals surface area contributed by atoms with E-state index in [4.69, 9.17) is 4.74 Å². The molecule has 1 aromatic rings. The molecular weight excluding hydrogens is 264 g/mol. The number of anilines is 1. The molecule has 5 nitrogen and oxygen atoms in total. The number of hydrogen-bond acceptors (Lipinski definition) is 5. The number of aromatic nitrogens is 2. The van der Waals surface area contributed by atoms with Crippen molar-refractivity contribution in [1.29, 1.82) is 0 Å². The smallest absolute Gasteiger partial charge is 0.228 e. The molecule has 0 aliphatic carbocycles. The Morgan fingerprint density at radius 2 is 2.05 bits per heavy atom. The summed E-state index contributed by atoms with van der Waals surface area (Å²) in [6.45, 7) is 7.16. The third-order valence-corrected chi connectivity index (χ3v) is 4.46. The van der Waals surface area contributed by atoms with Gasteiger partial charge in [-0.15, -0.1) is 0 Å². The van der Waals surface area contributed by atoms with Crippen molar-refractivity contribution in [1.82, 2.24) is 15.3 Å². The first-order valence-electron chi connectivity index (χ1n) is 8.18. The molecule has 116 valence electrons. The van der Waals surface area contributed by atoms with E-state index < -0.39 is 0 Å². The quantitative estimate of drug-likeness (QED) is 0.902. The van der Waals surface area contributed by atoms with Crippen molar-refractivity contribution >= 4 is 5.95 Å². The number of hydrogen-bond donors (Lipinski definition) is 1. The lowest BCUT2D eigenvalue weighted by Gasteiger charge is -2.37. The number of nitrogens with zero attached hydrogens (tertiary/aromatic N) is 3. The van der Waals surface area contributed by atoms with Crippen LogP contribution in [0.5, 0.6) is 5.88 Å². The summed E-state index contributed by atoms with van der Waals surface area (Å²) in [5, 5.41) is 3.70. The molecule has 5 heteroatoms. The first-order chi connectivity index (χ1) is 10.2. The van der Waals surface area contributed by atoms with Crippen molar-refractivity contribution < 1.29 is 4.74 Å². The molecular formula is C16H26N4O. The Hall–Kier alpha value is -1.36. The largest absolute Gasteiger partial charge is 0.475 e. The van der Waals surface area contributed by atoms with Gasteiger partial charge in [-0.05, 0) is 46.5 Å². The standard InChI is InChI=1S/C16H26N4O/c1-4-20(14-9-12-5-6-13(10-14)18-12)16-17-8-7-15(19-16)21-11(2)3/h7-8,11-14,18H,4-6,9-10H2,1-3H3. The molecule has 1 aromatic heterocycles. The minimum atomic E-state index is 0.137. The zero-order valence-electron chi connectivity index (χ0n) is 13.2. The molecule has 0 amide bonds. The lowest BCUT2D eigenvalue weighted by atomic mass is 9.98. The van der Waals surface area contributed by atoms with Gasteiger partial charge >= 0.3 is 0 Å². The monoisotopic (exact) mass is 290 g/mol. The van der Waals surface area contributed by atoms with Crippen molar-refractivity contribution in [2.45, 2.75) is 70.7 Å². The van der Waals surface area contributed by atoms with Crippen LogP contribution in [-0.4, -0.2) is 40.7 Å². The van der Waals surface area contributed by atoms with E-state index in [1.807, 2.05) is 19.9 Å². The second-order valence-electron chi connectivity index (χ2n) is 6.41. The van der Waals surface area contributed by atoms with Crippen LogP contribution in [0.2, 0.25) is 0 Å². The fraction of sp³-hybridized carbons (Fsp3) is 0.750. The molecule has 2 aliphatic heterocycles. The van der Waals surface area contributed by atoms with E-state index >= 15 is 0 Å². The normalized spacial score (nSPS) is 27.9. The number of piperidine rings is 1. The molecule has 2 aliphatic rings. The SMILES string of the molecule is CCN(c1nccc(OC(C)C)n1)C1CC2CCC(C1)N2. The highest BCUT2D eigenvalue weighted by molar-refractivity contribution is 5.34. The van der Waals surface area contributed by atoms with Crippen LogP contribution in [0.25, 0.3) is 0 Å². The molecule has 3 rings (SSSR count). The molecule has 2 atom stereocenters. The van der Waals surface area contributed by atoms with E-state index in [0.717, 1.165) is 12.5 Å². The Morgan fingerprint density at radius 1 is 1.33 bits per heavy atom. The molecule has 0 spiro atoms. The highest BCUT2D eigenvalue weighted by Gasteiger charge is 2.36. The van der Waals surface area contributed by atoms with E-state index in [9.17, 15) is 0 Å². The van der Waals surface area contributed by atoms with Crippen LogP contribution >= 0.6 is 0 Å². The van der Waals surface area contributed by atoms with Crippen molar-refractivity contribution in [3.63, 3.8) is 0 Å². The van der Waals surface area contributed by atoms with Crippen LogP contribution in [0.1, 0.15) is 46.5 Å². The second-order valence-corrected chi connectivity index (χ2v) is 6.41. The highest BCUT2D eigenvalue weighted by atomic mass is 16.5. The molecule has 2 unspecified atom stereocenters. The van der Waals surface area contributed by atoms with Gasteiger partial charge in [0.15, 0.2) is 0 Å². The molecule has 0 saturated carbocycles. The maximum atomic E-state index is 5.70. The molecule has 21 heavy (non-hydrogen) atoms. The maximum Gasteiger partial charge on any atom is 0.228 e. The Balaban J connectivity index is 1.76. The molecule has 0 radical (unpaired) electrons. The third-order valence-electron chi connectivity index (χ3n) is 4.46. The zero-order valence-corrected chi connectivity index (χ0v) is 13.2. The van der Waals surface area contributed by atoms with E-state index in [0.29, 0.717) is 24.0 Å². The van der Waals surface area contributed by atoms with Crippen LogP contribution in [0.4, 0.5) is 5.95 Å². The third kappa shape index (κ3) is 3.28. The van der Waals surface area contributed by atoms with Crippen LogP contribution in [0.15, 0.2) is 12.3 Å². The number of fused-ring (bicyclic) bond motifs is 2. The molecule has 3 heterocycles. The summed E-state index contributed by atoms with van der Waals surface area (Å²) in [5.74, 6) is 1.48. The van der Waals surface area contributed by atoms with Gasteiger partial charge in [0.2, 0.25) is 11.8 Å². The Kier molecular flexibility index (Phi) is 4.29. The Labute approximate surface area is 127 Å². The van der Waals surface area contributed by atoms with E-state index in [-0.39, 0.29) is 6.10 Å². The second kappa shape index (κ2) is 6.18. The summed E-state index contributed by atoms with van der Waals surface area (Å²) in [6, 6.07) is 3.74. The van der Waals surface area contributed by atoms with Crippen molar-refractivity contribution in [3.8, 4) is 5.88 Å². The van der Waals surface area contributed by atoms with Gasteiger partial charge in [0, 0.05) is 36.9 Å². The van der Waals surface area contributed by atoms with Gasteiger partial charge in [-0.3, -0.25) is 0 Å². The summed E-state index contributed by atoms with van der Waals surface area (Å²) in [5.41, 5.74) is 0. The van der Waals surface area contributed by atoms with Crippen molar-refractivity contribution in [2.75, 3.05) is 11.4 Å². The summed E-state index contributed by atoms with van der Waals surface area (Å²) >= 11 is 0. The van der Waals surface area contributed by atoms with E-state index in [1.165, 1.54) is 25.7 Å². The topological polar surface area (TPSA) is 50.3 Å². The summed E-state index contributed by atoms with van der Waals surface area (Å²) in [7, 11) is 0. The van der Waals surface area contributed by atoms with Gasteiger partial charge in [0.1, 0.15) is 0 Å². The van der Waals surface area contributed by atoms with Gasteiger partial charge in [0.25, 0.3) is 0 Å². The first-order valence-corrected chi connectivity index (χ1v) is 8.18. The van der Waals surface area contributed by atoms with Crippen LogP contribution in [0.3, 0.4) is 0 Å². The van der Waals surface area contributed by atoms with Gasteiger partial charge < -0.3 is 15.0 Å².